The van der Waals surface area contributed by atoms with E-state index in [1.165, 1.54) is 4.90 Å². The number of hydrogen-bond donors (Lipinski definition) is 1. The smallest absolute Gasteiger partial charge is 0.249 e. The fourth-order valence-corrected chi connectivity index (χ4v) is 6.97. The summed E-state index contributed by atoms with van der Waals surface area (Å²) in [5, 5.41) is 10.1. The van der Waals surface area contributed by atoms with E-state index in [4.69, 9.17) is 9.47 Å². The SMILES string of the molecule is C[C@H](CO)N1C(=O)[C@@H]2[C@H]3C(=O)N(Cc4ccccc4)CC=C[C@H]3O[C@@]23C=CCN(CCN2CCOCC2)C(=O)C13. The first kappa shape index (κ1) is 27.1. The number of morpholine rings is 1. The molecule has 214 valence electrons. The molecule has 10 heteroatoms. The van der Waals surface area contributed by atoms with Gasteiger partial charge in [0.15, 0.2) is 0 Å². The summed E-state index contributed by atoms with van der Waals surface area (Å²) in [5.41, 5.74) is -0.279. The van der Waals surface area contributed by atoms with Gasteiger partial charge < -0.3 is 29.3 Å². The van der Waals surface area contributed by atoms with Crippen LogP contribution in [0.5, 0.6) is 0 Å². The molecule has 3 amide bonds. The third-order valence-electron chi connectivity index (χ3n) is 9.01. The maximum Gasteiger partial charge on any atom is 0.249 e. The third-order valence-corrected chi connectivity index (χ3v) is 9.01. The van der Waals surface area contributed by atoms with Crippen molar-refractivity contribution in [2.75, 3.05) is 59.1 Å². The number of amides is 3. The van der Waals surface area contributed by atoms with Crippen LogP contribution in [0.1, 0.15) is 12.5 Å². The number of hydrogen-bond acceptors (Lipinski definition) is 7. The minimum atomic E-state index is -1.28. The number of carbonyl (C=O) groups is 3. The van der Waals surface area contributed by atoms with E-state index in [9.17, 15) is 19.5 Å². The van der Waals surface area contributed by atoms with Crippen molar-refractivity contribution in [2.45, 2.75) is 37.3 Å². The van der Waals surface area contributed by atoms with Crippen LogP contribution in [-0.2, 0) is 30.4 Å². The van der Waals surface area contributed by atoms with Gasteiger partial charge in [0.1, 0.15) is 11.6 Å². The number of aliphatic hydroxyl groups is 1. The summed E-state index contributed by atoms with van der Waals surface area (Å²) in [6.07, 6.45) is 6.95. The molecule has 1 aromatic rings. The van der Waals surface area contributed by atoms with Crippen molar-refractivity contribution in [3.8, 4) is 0 Å². The lowest BCUT2D eigenvalue weighted by atomic mass is 9.77. The molecule has 1 N–H and O–H groups in total. The molecular formula is C30H38N4O6. The zero-order valence-corrected chi connectivity index (χ0v) is 22.9. The Hall–Kier alpha value is -3.05. The Morgan fingerprint density at radius 1 is 0.975 bits per heavy atom. The van der Waals surface area contributed by atoms with Gasteiger partial charge >= 0.3 is 0 Å². The predicted molar refractivity (Wildman–Crippen MR) is 146 cm³/mol. The number of fused-ring (bicyclic) bond motifs is 2. The summed E-state index contributed by atoms with van der Waals surface area (Å²) in [7, 11) is 0. The Balaban J connectivity index is 1.32. The van der Waals surface area contributed by atoms with Crippen LogP contribution in [0, 0.1) is 11.8 Å². The van der Waals surface area contributed by atoms with Gasteiger partial charge in [-0.25, -0.2) is 0 Å². The molecule has 0 saturated carbocycles. The van der Waals surface area contributed by atoms with Crippen molar-refractivity contribution < 1.29 is 29.0 Å². The number of rotatable bonds is 7. The monoisotopic (exact) mass is 550 g/mol. The Morgan fingerprint density at radius 2 is 1.73 bits per heavy atom. The molecule has 0 aliphatic carbocycles. The van der Waals surface area contributed by atoms with E-state index in [1.807, 2.05) is 54.6 Å². The second-order valence-electron chi connectivity index (χ2n) is 11.4. The van der Waals surface area contributed by atoms with Crippen molar-refractivity contribution in [3.05, 3.63) is 60.2 Å². The van der Waals surface area contributed by atoms with Crippen molar-refractivity contribution >= 4 is 17.7 Å². The highest BCUT2D eigenvalue weighted by atomic mass is 16.5. The normalized spacial score (nSPS) is 33.0. The van der Waals surface area contributed by atoms with E-state index in [2.05, 4.69) is 4.90 Å². The standard InChI is InChI=1S/C30H38N4O6/c1-21(20-35)34-26-29(38)32(14-13-31-15-17-39-18-16-31)12-6-10-30(26)25(28(34)37)24-23(40-30)9-5-11-33(27(24)36)19-22-7-3-2-4-8-22/h2-10,21,23-26,35H,11-20H2,1H3/t21-,23-,24+,25+,26?,30+/m1/s1. The van der Waals surface area contributed by atoms with Crippen LogP contribution in [0.25, 0.3) is 0 Å². The molecular weight excluding hydrogens is 512 g/mol. The first-order chi connectivity index (χ1) is 19.4. The molecule has 5 aliphatic heterocycles. The Kier molecular flexibility index (Phi) is 7.52. The highest BCUT2D eigenvalue weighted by Crippen LogP contribution is 2.54. The Bertz CT molecular complexity index is 1180. The summed E-state index contributed by atoms with van der Waals surface area (Å²) in [6, 6.07) is 8.22. The molecule has 0 aromatic heterocycles. The lowest BCUT2D eigenvalue weighted by Gasteiger charge is -2.38. The fourth-order valence-electron chi connectivity index (χ4n) is 6.97. The zero-order valence-electron chi connectivity index (χ0n) is 22.9. The molecule has 1 unspecified atom stereocenters. The van der Waals surface area contributed by atoms with E-state index in [0.717, 1.165) is 18.7 Å². The molecule has 5 aliphatic rings. The molecule has 6 rings (SSSR count). The van der Waals surface area contributed by atoms with Gasteiger partial charge in [-0.1, -0.05) is 54.6 Å². The van der Waals surface area contributed by atoms with Crippen LogP contribution >= 0.6 is 0 Å². The average molecular weight is 551 g/mol. The molecule has 1 aromatic carbocycles. The van der Waals surface area contributed by atoms with Crippen LogP contribution < -0.4 is 0 Å². The first-order valence-electron chi connectivity index (χ1n) is 14.3. The van der Waals surface area contributed by atoms with Gasteiger partial charge in [0.05, 0.1) is 43.8 Å². The molecule has 40 heavy (non-hydrogen) atoms. The summed E-state index contributed by atoms with van der Waals surface area (Å²) in [4.78, 5) is 49.8. The largest absolute Gasteiger partial charge is 0.394 e. The van der Waals surface area contributed by atoms with E-state index in [1.54, 1.807) is 16.7 Å². The number of benzene rings is 1. The molecule has 0 radical (unpaired) electrons. The van der Waals surface area contributed by atoms with Crippen molar-refractivity contribution in [1.82, 2.24) is 19.6 Å². The van der Waals surface area contributed by atoms with Gasteiger partial charge in [0.2, 0.25) is 17.7 Å². The van der Waals surface area contributed by atoms with Crippen LogP contribution in [0.2, 0.25) is 0 Å². The Morgan fingerprint density at radius 3 is 2.48 bits per heavy atom. The highest BCUT2D eigenvalue weighted by molar-refractivity contribution is 6.00. The van der Waals surface area contributed by atoms with Gasteiger partial charge in [-0.3, -0.25) is 19.3 Å². The molecule has 5 heterocycles. The predicted octanol–water partition coefficient (Wildman–Crippen LogP) is 0.277. The number of nitrogens with zero attached hydrogens (tertiary/aromatic N) is 4. The molecule has 10 nitrogen and oxygen atoms in total. The number of ether oxygens (including phenoxy) is 2. The van der Waals surface area contributed by atoms with Crippen molar-refractivity contribution in [1.29, 1.82) is 0 Å². The van der Waals surface area contributed by atoms with E-state index < -0.39 is 35.6 Å². The third kappa shape index (κ3) is 4.56. The van der Waals surface area contributed by atoms with Gasteiger partial charge in [0, 0.05) is 45.8 Å². The highest BCUT2D eigenvalue weighted by Gasteiger charge is 2.72. The van der Waals surface area contributed by atoms with Crippen LogP contribution in [-0.4, -0.2) is 125 Å². The summed E-state index contributed by atoms with van der Waals surface area (Å²) in [5.74, 6) is -2.28. The van der Waals surface area contributed by atoms with Gasteiger partial charge in [-0.15, -0.1) is 0 Å². The average Bonchev–Trinajstić information content (AvgIpc) is 3.31. The lowest BCUT2D eigenvalue weighted by molar-refractivity contribution is -0.151. The summed E-state index contributed by atoms with van der Waals surface area (Å²) in [6.45, 7) is 6.89. The lowest BCUT2D eigenvalue weighted by Crippen LogP contribution is -2.58. The van der Waals surface area contributed by atoms with Crippen molar-refractivity contribution in [2.24, 2.45) is 11.8 Å². The number of likely N-dealkylation sites (tertiary alicyclic amines) is 1. The molecule has 1 spiro atoms. The van der Waals surface area contributed by atoms with Crippen LogP contribution in [0.3, 0.4) is 0 Å². The summed E-state index contributed by atoms with van der Waals surface area (Å²) >= 11 is 0. The number of aliphatic hydroxyl groups excluding tert-OH is 1. The fraction of sp³-hybridized carbons (Fsp3) is 0.567. The maximum atomic E-state index is 14.2. The second-order valence-corrected chi connectivity index (χ2v) is 11.4. The van der Waals surface area contributed by atoms with E-state index in [0.29, 0.717) is 45.9 Å². The quantitative estimate of drug-likeness (QED) is 0.487. The van der Waals surface area contributed by atoms with E-state index in [-0.39, 0.29) is 24.3 Å². The second kappa shape index (κ2) is 11.1. The minimum absolute atomic E-state index is 0.152. The van der Waals surface area contributed by atoms with Crippen LogP contribution in [0.15, 0.2) is 54.6 Å². The van der Waals surface area contributed by atoms with Gasteiger partial charge in [0.25, 0.3) is 0 Å². The summed E-state index contributed by atoms with van der Waals surface area (Å²) < 4.78 is 12.1. The maximum absolute atomic E-state index is 14.2. The van der Waals surface area contributed by atoms with Crippen molar-refractivity contribution in [3.63, 3.8) is 0 Å². The molecule has 3 fully saturated rings. The Labute approximate surface area is 234 Å². The first-order valence-corrected chi connectivity index (χ1v) is 14.3. The van der Waals surface area contributed by atoms with E-state index >= 15 is 0 Å². The minimum Gasteiger partial charge on any atom is -0.394 e. The molecule has 6 atom stereocenters. The molecule has 0 bridgehead atoms. The topological polar surface area (TPSA) is 103 Å². The zero-order chi connectivity index (χ0) is 27.9. The van der Waals surface area contributed by atoms with Crippen LogP contribution in [0.4, 0.5) is 0 Å². The van der Waals surface area contributed by atoms with Gasteiger partial charge in [-0.05, 0) is 12.5 Å². The van der Waals surface area contributed by atoms with Gasteiger partial charge in [-0.2, -0.15) is 0 Å². The molecule has 3 saturated heterocycles. The number of carbonyl (C=O) groups excluding carboxylic acids is 3.